The lowest BCUT2D eigenvalue weighted by atomic mass is 10.0. The van der Waals surface area contributed by atoms with E-state index in [2.05, 4.69) is 30.6 Å². The van der Waals surface area contributed by atoms with Gasteiger partial charge in [0.1, 0.15) is 17.6 Å². The summed E-state index contributed by atoms with van der Waals surface area (Å²) in [5.41, 5.74) is 3.94. The van der Waals surface area contributed by atoms with Crippen LogP contribution in [-0.4, -0.2) is 109 Å². The minimum Gasteiger partial charge on any atom is -0.378 e. The molecule has 3 aliphatic rings. The van der Waals surface area contributed by atoms with Crippen LogP contribution in [0.15, 0.2) is 47.7 Å². The highest BCUT2D eigenvalue weighted by atomic mass is 19.3. The quantitative estimate of drug-likeness (QED) is 0.110. The number of ether oxygens (including phenoxy) is 2. The van der Waals surface area contributed by atoms with E-state index in [4.69, 9.17) is 14.5 Å². The molecule has 8 rings (SSSR count). The number of unbranched alkanes of at least 4 members (excludes halogenated alkanes) is 1. The second-order valence-corrected chi connectivity index (χ2v) is 15.3. The number of carbonyl (C=O) groups is 2. The van der Waals surface area contributed by atoms with Gasteiger partial charge in [-0.15, -0.1) is 0 Å². The number of benzene rings is 1. The van der Waals surface area contributed by atoms with Crippen LogP contribution in [-0.2, 0) is 45.6 Å². The first-order chi connectivity index (χ1) is 28.2. The van der Waals surface area contributed by atoms with Gasteiger partial charge in [0.2, 0.25) is 11.8 Å². The highest BCUT2D eigenvalue weighted by molar-refractivity contribution is 6.00. The van der Waals surface area contributed by atoms with Gasteiger partial charge in [-0.3, -0.25) is 28.7 Å². The van der Waals surface area contributed by atoms with Crippen molar-refractivity contribution in [2.24, 2.45) is 7.05 Å². The summed E-state index contributed by atoms with van der Waals surface area (Å²) in [5.74, 6) is 0.0881. The molecule has 3 fully saturated rings. The maximum absolute atomic E-state index is 14.3. The Kier molecular flexibility index (Phi) is 12.1. The molecular weight excluding hydrogens is 753 g/mol. The van der Waals surface area contributed by atoms with Crippen molar-refractivity contribution < 1.29 is 27.8 Å². The Hall–Kier alpha value is -5.20. The summed E-state index contributed by atoms with van der Waals surface area (Å²) in [6, 6.07) is 6.98. The van der Waals surface area contributed by atoms with Crippen LogP contribution in [0.2, 0.25) is 0 Å². The van der Waals surface area contributed by atoms with E-state index >= 15 is 0 Å². The molecular formula is C40H51F2N11O5. The Balaban J connectivity index is 0.762. The van der Waals surface area contributed by atoms with Crippen LogP contribution in [0.3, 0.4) is 0 Å². The SMILES string of the molecule is Cn1c(=O)n(C2CCC(=O)NC2=O)c2cccc(CCCOC3CCN(CCCCn4ncc(NCc5cnn6ccc(N7CCOCC7)nc56)c4C(F)F)CC3)c21. The molecule has 3 saturated heterocycles. The third-order valence-corrected chi connectivity index (χ3v) is 11.6. The van der Waals surface area contributed by atoms with Crippen molar-refractivity contribution in [1.29, 1.82) is 0 Å². The van der Waals surface area contributed by atoms with Crippen LogP contribution < -0.4 is 21.2 Å². The minimum atomic E-state index is -2.67. The Morgan fingerprint density at radius 3 is 2.57 bits per heavy atom. The molecule has 0 bridgehead atoms. The highest BCUT2D eigenvalue weighted by Crippen LogP contribution is 2.29. The maximum atomic E-state index is 14.3. The normalized spacial score (nSPS) is 18.6. The zero-order valence-corrected chi connectivity index (χ0v) is 32.8. The average Bonchev–Trinajstić information content (AvgIpc) is 3.91. The summed E-state index contributed by atoms with van der Waals surface area (Å²) in [7, 11) is 1.72. The third kappa shape index (κ3) is 8.49. The number of alkyl halides is 2. The van der Waals surface area contributed by atoms with E-state index in [9.17, 15) is 23.2 Å². The molecule has 1 unspecified atom stereocenters. The summed E-state index contributed by atoms with van der Waals surface area (Å²) in [5, 5.41) is 14.2. The Morgan fingerprint density at radius 2 is 1.78 bits per heavy atom. The van der Waals surface area contributed by atoms with Crippen molar-refractivity contribution in [3.8, 4) is 0 Å². The summed E-state index contributed by atoms with van der Waals surface area (Å²) in [6.45, 7) is 6.85. The fourth-order valence-electron chi connectivity index (χ4n) is 8.49. The number of fused-ring (bicyclic) bond motifs is 2. The van der Waals surface area contributed by atoms with E-state index in [0.29, 0.717) is 49.6 Å². The number of aromatic nitrogens is 7. The number of morpholine rings is 1. The predicted octanol–water partition coefficient (Wildman–Crippen LogP) is 3.84. The number of piperidine rings is 2. The van der Waals surface area contributed by atoms with Gasteiger partial charge in [0.15, 0.2) is 5.65 Å². The van der Waals surface area contributed by atoms with Gasteiger partial charge in [0.05, 0.1) is 48.4 Å². The number of hydrogen-bond acceptors (Lipinski definition) is 11. The van der Waals surface area contributed by atoms with Crippen molar-refractivity contribution >= 4 is 40.0 Å². The molecule has 0 aliphatic carbocycles. The number of aryl methyl sites for hydroxylation is 3. The number of anilines is 2. The average molecular weight is 804 g/mol. The van der Waals surface area contributed by atoms with Gasteiger partial charge >= 0.3 is 5.69 Å². The second-order valence-electron chi connectivity index (χ2n) is 15.3. The monoisotopic (exact) mass is 803 g/mol. The first kappa shape index (κ1) is 39.6. The van der Waals surface area contributed by atoms with Gasteiger partial charge in [-0.1, -0.05) is 12.1 Å². The van der Waals surface area contributed by atoms with Crippen molar-refractivity contribution in [1.82, 2.24) is 43.7 Å². The number of imide groups is 1. The Bertz CT molecular complexity index is 2290. The van der Waals surface area contributed by atoms with Crippen LogP contribution in [0.1, 0.15) is 74.2 Å². The number of likely N-dealkylation sites (tertiary alicyclic amines) is 1. The molecule has 4 aromatic heterocycles. The second kappa shape index (κ2) is 17.7. The Labute approximate surface area is 334 Å². The maximum Gasteiger partial charge on any atom is 0.329 e. The molecule has 16 nitrogen and oxygen atoms in total. The zero-order chi connectivity index (χ0) is 40.2. The van der Waals surface area contributed by atoms with Gasteiger partial charge < -0.3 is 24.6 Å². The standard InChI is InChI=1S/C40H51F2N11O5/c1-48-35-27(6-4-8-31(35)53(40(48)56)32-9-10-34(54)47-39(32)55)7-5-21-58-29-11-16-49(17-12-29)14-2-3-15-51-36(37(41)42)30(26-45-51)43-24-28-25-44-52-18-13-33(46-38(28)52)50-19-22-57-23-20-50/h4,6,8,13,18,25-26,29,32,37,43H,2-3,5,7,9-12,14-17,19-24H2,1H3,(H,47,54,55). The lowest BCUT2D eigenvalue weighted by Gasteiger charge is -2.32. The number of imidazole rings is 1. The lowest BCUT2D eigenvalue weighted by molar-refractivity contribution is -0.135. The first-order valence-corrected chi connectivity index (χ1v) is 20.4. The van der Waals surface area contributed by atoms with E-state index in [1.54, 1.807) is 22.3 Å². The summed E-state index contributed by atoms with van der Waals surface area (Å²) < 4.78 is 46.6. The van der Waals surface area contributed by atoms with Crippen LogP contribution in [0.25, 0.3) is 16.7 Å². The van der Waals surface area contributed by atoms with Crippen LogP contribution in [0, 0.1) is 0 Å². The largest absolute Gasteiger partial charge is 0.378 e. The first-order valence-electron chi connectivity index (χ1n) is 20.4. The third-order valence-electron chi connectivity index (χ3n) is 11.6. The number of amides is 2. The molecule has 0 saturated carbocycles. The van der Waals surface area contributed by atoms with Gasteiger partial charge in [-0.05, 0) is 69.2 Å². The van der Waals surface area contributed by atoms with Crippen molar-refractivity contribution in [2.45, 2.75) is 83.0 Å². The Morgan fingerprint density at radius 1 is 0.966 bits per heavy atom. The fraction of sp³-hybridized carbons (Fsp3) is 0.550. The van der Waals surface area contributed by atoms with Crippen LogP contribution in [0.5, 0.6) is 0 Å². The minimum absolute atomic E-state index is 0.109. The molecule has 3 aliphatic heterocycles. The topological polar surface area (TPSA) is 158 Å². The van der Waals surface area contributed by atoms with Gasteiger partial charge in [0, 0.05) is 71.1 Å². The number of nitrogens with zero attached hydrogens (tertiary/aromatic N) is 9. The zero-order valence-electron chi connectivity index (χ0n) is 32.8. The number of para-hydroxylation sites is 1. The molecule has 310 valence electrons. The molecule has 18 heteroatoms. The summed E-state index contributed by atoms with van der Waals surface area (Å²) in [4.78, 5) is 46.9. The number of hydrogen-bond donors (Lipinski definition) is 2. The molecule has 1 atom stereocenters. The number of nitrogens with one attached hydrogen (secondary N) is 2. The molecule has 0 radical (unpaired) electrons. The van der Waals surface area contributed by atoms with E-state index in [1.165, 1.54) is 15.4 Å². The summed E-state index contributed by atoms with van der Waals surface area (Å²) >= 11 is 0. The van der Waals surface area contributed by atoms with E-state index < -0.39 is 18.4 Å². The fourth-order valence-corrected chi connectivity index (χ4v) is 8.49. The number of rotatable bonds is 16. The molecule has 7 heterocycles. The number of halogens is 2. The molecule has 2 N–H and O–H groups in total. The van der Waals surface area contributed by atoms with Crippen LogP contribution in [0.4, 0.5) is 20.3 Å². The van der Waals surface area contributed by atoms with E-state index in [1.807, 2.05) is 30.5 Å². The molecule has 5 aromatic rings. The van der Waals surface area contributed by atoms with Crippen molar-refractivity contribution in [2.75, 3.05) is 62.8 Å². The summed E-state index contributed by atoms with van der Waals surface area (Å²) in [6.07, 6.45) is 8.03. The van der Waals surface area contributed by atoms with E-state index in [-0.39, 0.29) is 36.4 Å². The predicted molar refractivity (Wildman–Crippen MR) is 212 cm³/mol. The van der Waals surface area contributed by atoms with Gasteiger partial charge in [-0.25, -0.2) is 23.1 Å². The van der Waals surface area contributed by atoms with Gasteiger partial charge in [-0.2, -0.15) is 10.2 Å². The molecule has 58 heavy (non-hydrogen) atoms. The van der Waals surface area contributed by atoms with Crippen LogP contribution >= 0.6 is 0 Å². The van der Waals surface area contributed by atoms with Gasteiger partial charge in [0.25, 0.3) is 6.43 Å². The molecule has 2 amide bonds. The smallest absolute Gasteiger partial charge is 0.329 e. The molecule has 0 spiro atoms. The number of carbonyl (C=O) groups excluding carboxylic acids is 2. The van der Waals surface area contributed by atoms with Crippen molar-refractivity contribution in [3.05, 3.63) is 70.2 Å². The highest BCUT2D eigenvalue weighted by Gasteiger charge is 2.32. The molecule has 1 aromatic carbocycles. The van der Waals surface area contributed by atoms with E-state index in [0.717, 1.165) is 93.7 Å². The van der Waals surface area contributed by atoms with Crippen molar-refractivity contribution in [3.63, 3.8) is 0 Å². The lowest BCUT2D eigenvalue weighted by Crippen LogP contribution is -2.44.